The maximum Gasteiger partial charge on any atom is 0.161 e. The molecular weight excluding hydrogens is 172 g/mol. The first-order valence-electron chi connectivity index (χ1n) is 3.46. The molecule has 12 heavy (non-hydrogen) atoms. The van der Waals surface area contributed by atoms with E-state index in [1.807, 2.05) is 18.2 Å². The molecule has 0 atom stereocenters. The van der Waals surface area contributed by atoms with Crippen LogP contribution in [0, 0.1) is 6.26 Å². The molecule has 0 aliphatic heterocycles. The maximum atomic E-state index is 5.11. The molecule has 1 aromatic rings. The number of methoxy groups -OCH3 is 2. The molecule has 0 aliphatic rings. The van der Waals surface area contributed by atoms with Crippen molar-refractivity contribution in [1.29, 1.82) is 0 Å². The Balaban J connectivity index is 3.02. The van der Waals surface area contributed by atoms with Gasteiger partial charge in [0.2, 0.25) is 0 Å². The van der Waals surface area contributed by atoms with Crippen LogP contribution in [0.2, 0.25) is 0 Å². The first kappa shape index (κ1) is 9.26. The van der Waals surface area contributed by atoms with E-state index in [2.05, 4.69) is 6.26 Å². The molecule has 1 radical (unpaired) electrons. The van der Waals surface area contributed by atoms with E-state index >= 15 is 0 Å². The van der Waals surface area contributed by atoms with Crippen molar-refractivity contribution in [3.63, 3.8) is 0 Å². The molecule has 0 aromatic heterocycles. The summed E-state index contributed by atoms with van der Waals surface area (Å²) in [4.78, 5) is 1.06. The molecule has 0 heterocycles. The number of hydrogen-bond acceptors (Lipinski definition) is 3. The van der Waals surface area contributed by atoms with Crippen molar-refractivity contribution >= 4 is 11.8 Å². The normalized spacial score (nSPS) is 9.58. The molecule has 0 fully saturated rings. The van der Waals surface area contributed by atoms with Crippen LogP contribution in [0.15, 0.2) is 23.1 Å². The highest BCUT2D eigenvalue weighted by molar-refractivity contribution is 8.00. The molecule has 65 valence electrons. The van der Waals surface area contributed by atoms with Gasteiger partial charge in [-0.25, -0.2) is 0 Å². The van der Waals surface area contributed by atoms with Crippen molar-refractivity contribution in [3.8, 4) is 11.5 Å². The van der Waals surface area contributed by atoms with Crippen LogP contribution in [0.4, 0.5) is 0 Å². The summed E-state index contributed by atoms with van der Waals surface area (Å²) < 4.78 is 10.2. The summed E-state index contributed by atoms with van der Waals surface area (Å²) in [6, 6.07) is 5.71. The minimum absolute atomic E-state index is 0.742. The summed E-state index contributed by atoms with van der Waals surface area (Å²) in [6.07, 6.45) is 3.71. The van der Waals surface area contributed by atoms with Gasteiger partial charge in [0.25, 0.3) is 0 Å². The van der Waals surface area contributed by atoms with Crippen LogP contribution in [-0.2, 0) is 0 Å². The molecular formula is C9H11O2S. The first-order valence-corrected chi connectivity index (χ1v) is 4.44. The molecule has 0 unspecified atom stereocenters. The van der Waals surface area contributed by atoms with Gasteiger partial charge >= 0.3 is 0 Å². The highest BCUT2D eigenvalue weighted by atomic mass is 32.2. The number of rotatable bonds is 3. The van der Waals surface area contributed by atoms with E-state index in [0.717, 1.165) is 16.4 Å². The van der Waals surface area contributed by atoms with Crippen molar-refractivity contribution in [2.75, 3.05) is 14.2 Å². The van der Waals surface area contributed by atoms with Crippen molar-refractivity contribution in [2.24, 2.45) is 0 Å². The van der Waals surface area contributed by atoms with Crippen LogP contribution in [0.3, 0.4) is 0 Å². The van der Waals surface area contributed by atoms with Gasteiger partial charge in [-0.15, -0.1) is 11.8 Å². The molecule has 0 amide bonds. The molecule has 0 spiro atoms. The third-order valence-corrected chi connectivity index (χ3v) is 2.11. The molecule has 0 saturated heterocycles. The summed E-state index contributed by atoms with van der Waals surface area (Å²) >= 11 is 1.43. The summed E-state index contributed by atoms with van der Waals surface area (Å²) in [5.41, 5.74) is 0. The van der Waals surface area contributed by atoms with Gasteiger partial charge in [0.15, 0.2) is 11.5 Å². The predicted octanol–water partition coefficient (Wildman–Crippen LogP) is 2.59. The topological polar surface area (TPSA) is 18.5 Å². The van der Waals surface area contributed by atoms with E-state index in [-0.39, 0.29) is 0 Å². The van der Waals surface area contributed by atoms with E-state index in [9.17, 15) is 0 Å². The highest BCUT2D eigenvalue weighted by Crippen LogP contribution is 2.31. The predicted molar refractivity (Wildman–Crippen MR) is 50.8 cm³/mol. The third kappa shape index (κ3) is 1.85. The van der Waals surface area contributed by atoms with Crippen molar-refractivity contribution in [3.05, 3.63) is 24.5 Å². The molecule has 0 saturated carbocycles. The summed E-state index contributed by atoms with van der Waals surface area (Å²) in [5.74, 6) is 1.49. The Morgan fingerprint density at radius 1 is 1.17 bits per heavy atom. The highest BCUT2D eigenvalue weighted by Gasteiger charge is 2.02. The van der Waals surface area contributed by atoms with Gasteiger partial charge in [-0.3, -0.25) is 0 Å². The van der Waals surface area contributed by atoms with Gasteiger partial charge in [0, 0.05) is 11.2 Å². The second-order valence-electron chi connectivity index (χ2n) is 2.16. The van der Waals surface area contributed by atoms with Crippen molar-refractivity contribution in [1.82, 2.24) is 0 Å². The number of thioether (sulfide) groups is 1. The van der Waals surface area contributed by atoms with Gasteiger partial charge in [0.1, 0.15) is 0 Å². The second-order valence-corrected chi connectivity index (χ2v) is 2.92. The van der Waals surface area contributed by atoms with Gasteiger partial charge in [-0.05, 0) is 18.2 Å². The van der Waals surface area contributed by atoms with E-state index < -0.39 is 0 Å². The fraction of sp³-hybridized carbons (Fsp3) is 0.222. The summed E-state index contributed by atoms with van der Waals surface area (Å²) in [6.45, 7) is 0. The van der Waals surface area contributed by atoms with Gasteiger partial charge < -0.3 is 9.47 Å². The lowest BCUT2D eigenvalue weighted by atomic mass is 10.3. The standard InChI is InChI=1S/C9H11O2S/c1-10-8-5-4-7(12-3)6-9(8)11-2/h4-6H,3H2,1-2H3. The number of hydrogen-bond donors (Lipinski definition) is 0. The number of ether oxygens (including phenoxy) is 2. The Morgan fingerprint density at radius 2 is 1.83 bits per heavy atom. The lowest BCUT2D eigenvalue weighted by Gasteiger charge is -2.07. The molecule has 0 aliphatic carbocycles. The van der Waals surface area contributed by atoms with Crippen LogP contribution < -0.4 is 9.47 Å². The smallest absolute Gasteiger partial charge is 0.161 e. The molecule has 1 aromatic carbocycles. The van der Waals surface area contributed by atoms with Crippen LogP contribution in [0.25, 0.3) is 0 Å². The first-order chi connectivity index (χ1) is 5.81. The van der Waals surface area contributed by atoms with Gasteiger partial charge in [-0.2, -0.15) is 0 Å². The maximum absolute atomic E-state index is 5.11. The molecule has 1 rings (SSSR count). The van der Waals surface area contributed by atoms with Crippen LogP contribution in [0.1, 0.15) is 0 Å². The molecule has 3 heteroatoms. The third-order valence-electron chi connectivity index (χ3n) is 1.52. The Morgan fingerprint density at radius 3 is 2.33 bits per heavy atom. The Bertz CT molecular complexity index is 261. The minimum Gasteiger partial charge on any atom is -0.493 e. The number of benzene rings is 1. The monoisotopic (exact) mass is 183 g/mol. The Labute approximate surface area is 76.9 Å². The quantitative estimate of drug-likeness (QED) is 0.671. The van der Waals surface area contributed by atoms with Crippen molar-refractivity contribution < 1.29 is 9.47 Å². The van der Waals surface area contributed by atoms with E-state index in [0.29, 0.717) is 0 Å². The largest absolute Gasteiger partial charge is 0.493 e. The minimum atomic E-state index is 0.742. The lowest BCUT2D eigenvalue weighted by Crippen LogP contribution is -1.89. The second kappa shape index (κ2) is 4.26. The average molecular weight is 183 g/mol. The van der Waals surface area contributed by atoms with Gasteiger partial charge in [-0.1, -0.05) is 0 Å². The molecule has 0 bridgehead atoms. The SMILES string of the molecule is [CH2]Sc1ccc(OC)c(OC)c1. The average Bonchev–Trinajstić information content (AvgIpc) is 2.16. The zero-order valence-corrected chi connectivity index (χ0v) is 7.98. The zero-order valence-electron chi connectivity index (χ0n) is 7.16. The Hall–Kier alpha value is -0.830. The summed E-state index contributed by atoms with van der Waals surface area (Å²) in [7, 11) is 3.24. The fourth-order valence-corrected chi connectivity index (χ4v) is 1.26. The Kier molecular flexibility index (Phi) is 3.29. The zero-order chi connectivity index (χ0) is 8.97. The van der Waals surface area contributed by atoms with Crippen LogP contribution >= 0.6 is 11.8 Å². The van der Waals surface area contributed by atoms with Crippen LogP contribution in [0.5, 0.6) is 11.5 Å². The van der Waals surface area contributed by atoms with Gasteiger partial charge in [0.05, 0.1) is 14.2 Å². The van der Waals surface area contributed by atoms with E-state index in [4.69, 9.17) is 9.47 Å². The molecule has 2 nitrogen and oxygen atoms in total. The van der Waals surface area contributed by atoms with Crippen LogP contribution in [-0.4, -0.2) is 14.2 Å². The summed E-state index contributed by atoms with van der Waals surface area (Å²) in [5, 5.41) is 0. The lowest BCUT2D eigenvalue weighted by molar-refractivity contribution is 0.354. The molecule has 0 N–H and O–H groups in total. The van der Waals surface area contributed by atoms with Crippen molar-refractivity contribution in [2.45, 2.75) is 4.90 Å². The van der Waals surface area contributed by atoms with E-state index in [1.54, 1.807) is 14.2 Å². The van der Waals surface area contributed by atoms with E-state index in [1.165, 1.54) is 11.8 Å². The fourth-order valence-electron chi connectivity index (χ4n) is 0.906.